The zero-order valence-corrected chi connectivity index (χ0v) is 16.2. The lowest BCUT2D eigenvalue weighted by Gasteiger charge is -2.10. The van der Waals surface area contributed by atoms with Gasteiger partial charge < -0.3 is 9.42 Å². The molecule has 1 aromatic heterocycles. The molecule has 0 unspecified atom stereocenters. The van der Waals surface area contributed by atoms with Crippen molar-refractivity contribution in [2.75, 3.05) is 13.6 Å². The van der Waals surface area contributed by atoms with Crippen molar-refractivity contribution in [3.63, 3.8) is 0 Å². The van der Waals surface area contributed by atoms with Crippen LogP contribution in [0.3, 0.4) is 0 Å². The molecule has 0 spiro atoms. The van der Waals surface area contributed by atoms with E-state index in [0.717, 1.165) is 45.9 Å². The Morgan fingerprint density at radius 2 is 1.85 bits per heavy atom. The predicted octanol–water partition coefficient (Wildman–Crippen LogP) is 5.89. The second kappa shape index (κ2) is 7.75. The van der Waals surface area contributed by atoms with Gasteiger partial charge in [0.15, 0.2) is 5.76 Å². The average Bonchev–Trinajstić information content (AvgIpc) is 3.12. The predicted molar refractivity (Wildman–Crippen MR) is 108 cm³/mol. The van der Waals surface area contributed by atoms with E-state index in [2.05, 4.69) is 43.1 Å². The van der Waals surface area contributed by atoms with Crippen LogP contribution in [0.25, 0.3) is 22.6 Å². The first kappa shape index (κ1) is 18.2. The second-order valence-electron chi connectivity index (χ2n) is 6.35. The third-order valence-electron chi connectivity index (χ3n) is 4.35. The van der Waals surface area contributed by atoms with Crippen molar-refractivity contribution in [3.8, 4) is 22.6 Å². The Bertz CT molecular complexity index is 929. The molecular formula is C21H22ClN3O. The summed E-state index contributed by atoms with van der Waals surface area (Å²) < 4.78 is 5.60. The van der Waals surface area contributed by atoms with Crippen LogP contribution in [0.4, 0.5) is 5.69 Å². The van der Waals surface area contributed by atoms with E-state index in [-0.39, 0.29) is 0 Å². The van der Waals surface area contributed by atoms with Gasteiger partial charge in [0.25, 0.3) is 0 Å². The standard InChI is InChI=1S/C21H22ClN3O/c1-5-25(4)13-23-19-11-14(2)18(10-15(19)3)21-12-20(24-26-21)16-6-8-17(22)9-7-16/h6-13H,5H2,1-4H3. The maximum absolute atomic E-state index is 5.95. The minimum Gasteiger partial charge on any atom is -0.366 e. The molecule has 134 valence electrons. The number of aliphatic imine (C=N–C) groups is 1. The highest BCUT2D eigenvalue weighted by Gasteiger charge is 2.13. The SMILES string of the molecule is CCN(C)C=Nc1cc(C)c(-c2cc(-c3ccc(Cl)cc3)no2)cc1C. The number of aryl methyl sites for hydroxylation is 2. The molecule has 0 aliphatic heterocycles. The Hall–Kier alpha value is -2.59. The lowest BCUT2D eigenvalue weighted by Crippen LogP contribution is -2.14. The van der Waals surface area contributed by atoms with E-state index >= 15 is 0 Å². The molecule has 4 nitrogen and oxygen atoms in total. The van der Waals surface area contributed by atoms with E-state index in [1.807, 2.05) is 48.6 Å². The molecule has 26 heavy (non-hydrogen) atoms. The van der Waals surface area contributed by atoms with Gasteiger partial charge in [-0.05, 0) is 56.2 Å². The molecule has 5 heteroatoms. The van der Waals surface area contributed by atoms with Gasteiger partial charge in [-0.25, -0.2) is 4.99 Å². The van der Waals surface area contributed by atoms with Crippen LogP contribution in [-0.2, 0) is 0 Å². The molecule has 0 radical (unpaired) electrons. The number of hydrogen-bond donors (Lipinski definition) is 0. The second-order valence-corrected chi connectivity index (χ2v) is 6.79. The fourth-order valence-corrected chi connectivity index (χ4v) is 2.73. The quantitative estimate of drug-likeness (QED) is 0.417. The number of rotatable bonds is 5. The molecule has 2 aromatic carbocycles. The Morgan fingerprint density at radius 3 is 2.54 bits per heavy atom. The third kappa shape index (κ3) is 3.97. The van der Waals surface area contributed by atoms with Crippen molar-refractivity contribution in [3.05, 3.63) is 58.6 Å². The van der Waals surface area contributed by atoms with Gasteiger partial charge in [0.1, 0.15) is 5.69 Å². The van der Waals surface area contributed by atoms with Crippen molar-refractivity contribution < 1.29 is 4.52 Å². The summed E-state index contributed by atoms with van der Waals surface area (Å²) in [4.78, 5) is 6.61. The Morgan fingerprint density at radius 1 is 1.12 bits per heavy atom. The fraction of sp³-hybridized carbons (Fsp3) is 0.238. The molecule has 0 N–H and O–H groups in total. The summed E-state index contributed by atoms with van der Waals surface area (Å²) in [5.41, 5.74) is 5.95. The lowest BCUT2D eigenvalue weighted by molar-refractivity contribution is 0.434. The van der Waals surface area contributed by atoms with Crippen molar-refractivity contribution in [1.29, 1.82) is 0 Å². The van der Waals surface area contributed by atoms with E-state index in [9.17, 15) is 0 Å². The Kier molecular flexibility index (Phi) is 5.43. The van der Waals surface area contributed by atoms with Crippen molar-refractivity contribution >= 4 is 23.6 Å². The first-order chi connectivity index (χ1) is 12.5. The molecule has 1 heterocycles. The topological polar surface area (TPSA) is 41.6 Å². The van der Waals surface area contributed by atoms with Gasteiger partial charge in [-0.3, -0.25) is 0 Å². The van der Waals surface area contributed by atoms with Crippen molar-refractivity contribution in [2.45, 2.75) is 20.8 Å². The van der Waals surface area contributed by atoms with Crippen LogP contribution in [0.15, 0.2) is 52.0 Å². The highest BCUT2D eigenvalue weighted by Crippen LogP contribution is 2.32. The highest BCUT2D eigenvalue weighted by molar-refractivity contribution is 6.30. The number of halogens is 1. The minimum atomic E-state index is 0.703. The maximum atomic E-state index is 5.95. The van der Waals surface area contributed by atoms with E-state index in [1.54, 1.807) is 0 Å². The minimum absolute atomic E-state index is 0.703. The molecule has 0 aliphatic carbocycles. The van der Waals surface area contributed by atoms with Crippen LogP contribution in [-0.4, -0.2) is 30.0 Å². The van der Waals surface area contributed by atoms with E-state index in [0.29, 0.717) is 5.02 Å². The summed E-state index contributed by atoms with van der Waals surface area (Å²) in [7, 11) is 2.01. The molecule has 3 rings (SSSR count). The van der Waals surface area contributed by atoms with Gasteiger partial charge in [0.2, 0.25) is 0 Å². The number of nitrogens with zero attached hydrogens (tertiary/aromatic N) is 3. The molecule has 0 saturated heterocycles. The normalized spacial score (nSPS) is 11.3. The molecule has 0 atom stereocenters. The van der Waals surface area contributed by atoms with Crippen LogP contribution >= 0.6 is 11.6 Å². The number of hydrogen-bond acceptors (Lipinski definition) is 3. The summed E-state index contributed by atoms with van der Waals surface area (Å²) >= 11 is 5.95. The van der Waals surface area contributed by atoms with Crippen molar-refractivity contribution in [1.82, 2.24) is 10.1 Å². The molecule has 0 fully saturated rings. The number of aromatic nitrogens is 1. The number of benzene rings is 2. The molecule has 0 bridgehead atoms. The summed E-state index contributed by atoms with van der Waals surface area (Å²) in [5, 5.41) is 4.90. The van der Waals surface area contributed by atoms with Gasteiger partial charge in [-0.1, -0.05) is 28.9 Å². The lowest BCUT2D eigenvalue weighted by atomic mass is 10.0. The largest absolute Gasteiger partial charge is 0.366 e. The van der Waals surface area contributed by atoms with Gasteiger partial charge >= 0.3 is 0 Å². The van der Waals surface area contributed by atoms with Crippen LogP contribution in [0.5, 0.6) is 0 Å². The van der Waals surface area contributed by atoms with E-state index in [4.69, 9.17) is 16.1 Å². The highest BCUT2D eigenvalue weighted by atomic mass is 35.5. The molecule has 3 aromatic rings. The Labute approximate surface area is 159 Å². The molecule has 0 amide bonds. The average molecular weight is 368 g/mol. The first-order valence-corrected chi connectivity index (χ1v) is 8.94. The molecule has 0 saturated carbocycles. The van der Waals surface area contributed by atoms with E-state index in [1.165, 1.54) is 0 Å². The molecule has 0 aliphatic rings. The monoisotopic (exact) mass is 367 g/mol. The third-order valence-corrected chi connectivity index (χ3v) is 4.60. The van der Waals surface area contributed by atoms with Crippen LogP contribution in [0.2, 0.25) is 5.02 Å². The smallest absolute Gasteiger partial charge is 0.167 e. The summed E-state index contributed by atoms with van der Waals surface area (Å²) in [6.45, 7) is 7.13. The van der Waals surface area contributed by atoms with Gasteiger partial charge in [0.05, 0.1) is 12.0 Å². The Balaban J connectivity index is 1.91. The molecular weight excluding hydrogens is 346 g/mol. The first-order valence-electron chi connectivity index (χ1n) is 8.56. The summed E-state index contributed by atoms with van der Waals surface area (Å²) in [5.74, 6) is 0.747. The zero-order chi connectivity index (χ0) is 18.7. The van der Waals surface area contributed by atoms with E-state index < -0.39 is 0 Å². The van der Waals surface area contributed by atoms with Crippen LogP contribution < -0.4 is 0 Å². The van der Waals surface area contributed by atoms with Gasteiger partial charge in [-0.2, -0.15) is 0 Å². The van der Waals surface area contributed by atoms with Crippen molar-refractivity contribution in [2.24, 2.45) is 4.99 Å². The van der Waals surface area contributed by atoms with Gasteiger partial charge in [0, 0.05) is 35.8 Å². The zero-order valence-electron chi connectivity index (χ0n) is 15.5. The fourth-order valence-electron chi connectivity index (χ4n) is 2.61. The van der Waals surface area contributed by atoms with Crippen LogP contribution in [0.1, 0.15) is 18.1 Å². The maximum Gasteiger partial charge on any atom is 0.167 e. The van der Waals surface area contributed by atoms with Gasteiger partial charge in [-0.15, -0.1) is 0 Å². The summed E-state index contributed by atoms with van der Waals surface area (Å²) in [6.07, 6.45) is 1.86. The summed E-state index contributed by atoms with van der Waals surface area (Å²) in [6, 6.07) is 13.7. The van der Waals surface area contributed by atoms with Crippen LogP contribution in [0, 0.1) is 13.8 Å².